The minimum Gasteiger partial charge on any atom is -0.447 e. The van der Waals surface area contributed by atoms with Crippen LogP contribution in [0.25, 0.3) is 5.78 Å². The first-order valence-corrected chi connectivity index (χ1v) is 9.62. The van der Waals surface area contributed by atoms with Gasteiger partial charge in [-0.3, -0.25) is 4.79 Å². The van der Waals surface area contributed by atoms with E-state index in [4.69, 9.17) is 4.74 Å². The van der Waals surface area contributed by atoms with Gasteiger partial charge in [-0.05, 0) is 50.8 Å². The molecule has 0 saturated carbocycles. The monoisotopic (exact) mass is 395 g/mol. The van der Waals surface area contributed by atoms with E-state index >= 15 is 0 Å². The smallest absolute Gasteiger partial charge is 0.379 e. The summed E-state index contributed by atoms with van der Waals surface area (Å²) >= 11 is 0. The molecule has 29 heavy (non-hydrogen) atoms. The zero-order valence-electron chi connectivity index (χ0n) is 17.3. The number of nitrogens with one attached hydrogen (secondary N) is 1. The van der Waals surface area contributed by atoms with Crippen LogP contribution >= 0.6 is 0 Å². The van der Waals surface area contributed by atoms with Gasteiger partial charge in [-0.2, -0.15) is 4.98 Å². The maximum absolute atomic E-state index is 12.6. The summed E-state index contributed by atoms with van der Waals surface area (Å²) < 4.78 is 6.75. The van der Waals surface area contributed by atoms with Crippen LogP contribution < -0.4 is 5.32 Å². The lowest BCUT2D eigenvalue weighted by Crippen LogP contribution is -2.30. The fourth-order valence-electron chi connectivity index (χ4n) is 3.01. The van der Waals surface area contributed by atoms with Crippen molar-refractivity contribution in [2.75, 3.05) is 5.32 Å². The Morgan fingerprint density at radius 3 is 2.62 bits per heavy atom. The first kappa shape index (κ1) is 20.4. The number of carbonyl (C=O) groups excluding carboxylic acids is 2. The summed E-state index contributed by atoms with van der Waals surface area (Å²) in [6, 6.07) is 9.46. The molecule has 152 valence electrons. The fourth-order valence-corrected chi connectivity index (χ4v) is 3.01. The average molecular weight is 395 g/mol. The highest BCUT2D eigenvalue weighted by Gasteiger charge is 2.23. The largest absolute Gasteiger partial charge is 0.447 e. The average Bonchev–Trinajstić information content (AvgIpc) is 3.12. The fraction of sp³-hybridized carbons (Fsp3) is 0.381. The van der Waals surface area contributed by atoms with E-state index in [1.54, 1.807) is 0 Å². The third-order valence-corrected chi connectivity index (χ3v) is 4.82. The molecule has 0 saturated heterocycles. The second kappa shape index (κ2) is 8.38. The Kier molecular flexibility index (Phi) is 5.91. The number of esters is 1. The maximum Gasteiger partial charge on any atom is 0.379 e. The van der Waals surface area contributed by atoms with Crippen molar-refractivity contribution in [2.45, 2.75) is 53.1 Å². The van der Waals surface area contributed by atoms with E-state index in [0.717, 1.165) is 29.1 Å². The highest BCUT2D eigenvalue weighted by atomic mass is 16.5. The molecule has 0 radical (unpaired) electrons. The van der Waals surface area contributed by atoms with Crippen molar-refractivity contribution >= 4 is 23.3 Å². The van der Waals surface area contributed by atoms with Crippen molar-refractivity contribution in [3.63, 3.8) is 0 Å². The first-order chi connectivity index (χ1) is 13.8. The molecule has 8 heteroatoms. The quantitative estimate of drug-likeness (QED) is 0.642. The highest BCUT2D eigenvalue weighted by Crippen LogP contribution is 2.26. The molecule has 1 amide bonds. The van der Waals surface area contributed by atoms with Gasteiger partial charge < -0.3 is 10.1 Å². The lowest BCUT2D eigenvalue weighted by molar-refractivity contribution is -0.123. The third-order valence-electron chi connectivity index (χ3n) is 4.82. The molecule has 2 atom stereocenters. The molecule has 0 unspecified atom stereocenters. The molecule has 8 nitrogen and oxygen atoms in total. The van der Waals surface area contributed by atoms with Gasteiger partial charge >= 0.3 is 5.97 Å². The summed E-state index contributed by atoms with van der Waals surface area (Å²) in [6.07, 6.45) is -0.0564. The number of aromatic nitrogens is 4. The predicted molar refractivity (Wildman–Crippen MR) is 109 cm³/mol. The molecule has 0 aliphatic carbocycles. The number of rotatable bonds is 6. The van der Waals surface area contributed by atoms with Crippen LogP contribution in [0.5, 0.6) is 0 Å². The summed E-state index contributed by atoms with van der Waals surface area (Å²) in [5.41, 5.74) is 3.33. The second-order valence-corrected chi connectivity index (χ2v) is 7.12. The van der Waals surface area contributed by atoms with Gasteiger partial charge in [-0.25, -0.2) is 14.3 Å². The number of para-hydroxylation sites is 1. The number of fused-ring (bicyclic) bond motifs is 1. The van der Waals surface area contributed by atoms with Crippen LogP contribution in [0.3, 0.4) is 0 Å². The third kappa shape index (κ3) is 4.42. The van der Waals surface area contributed by atoms with E-state index in [9.17, 15) is 9.59 Å². The Bertz CT molecular complexity index is 1060. The molecule has 0 aliphatic heterocycles. The van der Waals surface area contributed by atoms with Crippen LogP contribution in [-0.4, -0.2) is 37.6 Å². The molecule has 3 aromatic rings. The van der Waals surface area contributed by atoms with Gasteiger partial charge in [0.15, 0.2) is 6.10 Å². The minimum atomic E-state index is -1.00. The van der Waals surface area contributed by atoms with Gasteiger partial charge in [0.25, 0.3) is 17.5 Å². The SMILES string of the molecule is CC[C@@H](C)c1ccccc1NC(=O)[C@H](C)OC(=O)c1nc2nc(C)cc(C)n2n1. The number of benzene rings is 1. The van der Waals surface area contributed by atoms with E-state index in [1.807, 2.05) is 44.2 Å². The van der Waals surface area contributed by atoms with Crippen molar-refractivity contribution in [3.05, 3.63) is 53.1 Å². The minimum absolute atomic E-state index is 0.133. The summed E-state index contributed by atoms with van der Waals surface area (Å²) in [5.74, 6) is -0.709. The predicted octanol–water partition coefficient (Wildman–Crippen LogP) is 3.44. The lowest BCUT2D eigenvalue weighted by Gasteiger charge is -2.17. The molecule has 1 N–H and O–H groups in total. The van der Waals surface area contributed by atoms with Crippen molar-refractivity contribution in [1.82, 2.24) is 19.6 Å². The lowest BCUT2D eigenvalue weighted by atomic mass is 9.97. The Morgan fingerprint density at radius 1 is 1.17 bits per heavy atom. The Hall–Kier alpha value is -3.29. The standard InChI is InChI=1S/C21H25N5O3/c1-6-12(2)16-9-7-8-10-17(16)23-19(27)15(5)29-20(28)18-24-21-22-13(3)11-14(4)26(21)25-18/h7-12,15H,6H2,1-5H3,(H,23,27)/t12-,15+/m1/s1. The summed E-state index contributed by atoms with van der Waals surface area (Å²) in [6.45, 7) is 9.39. The van der Waals surface area contributed by atoms with Gasteiger partial charge in [0.05, 0.1) is 0 Å². The summed E-state index contributed by atoms with van der Waals surface area (Å²) in [7, 11) is 0. The van der Waals surface area contributed by atoms with Crippen molar-refractivity contribution in [1.29, 1.82) is 0 Å². The number of nitrogens with zero attached hydrogens (tertiary/aromatic N) is 4. The van der Waals surface area contributed by atoms with Gasteiger partial charge in [0.1, 0.15) is 0 Å². The number of aryl methyl sites for hydroxylation is 2. The maximum atomic E-state index is 12.6. The topological polar surface area (TPSA) is 98.5 Å². The molecule has 0 spiro atoms. The molecule has 1 aromatic carbocycles. The number of carbonyl (C=O) groups is 2. The van der Waals surface area contributed by atoms with Crippen molar-refractivity contribution in [2.24, 2.45) is 0 Å². The van der Waals surface area contributed by atoms with Crippen molar-refractivity contribution < 1.29 is 14.3 Å². The van der Waals surface area contributed by atoms with E-state index in [-0.39, 0.29) is 5.82 Å². The first-order valence-electron chi connectivity index (χ1n) is 9.62. The van der Waals surface area contributed by atoms with E-state index in [1.165, 1.54) is 11.4 Å². The molecule has 0 bridgehead atoms. The number of hydrogen-bond donors (Lipinski definition) is 1. The Balaban J connectivity index is 1.72. The number of anilines is 1. The number of hydrogen-bond acceptors (Lipinski definition) is 6. The summed E-state index contributed by atoms with van der Waals surface area (Å²) in [5, 5.41) is 6.99. The highest BCUT2D eigenvalue weighted by molar-refractivity contribution is 5.97. The van der Waals surface area contributed by atoms with Crippen LogP contribution in [0.1, 0.15) is 60.7 Å². The van der Waals surface area contributed by atoms with Crippen LogP contribution in [0, 0.1) is 13.8 Å². The summed E-state index contributed by atoms with van der Waals surface area (Å²) in [4.78, 5) is 33.4. The molecule has 0 fully saturated rings. The van der Waals surface area contributed by atoms with Gasteiger partial charge in [-0.1, -0.05) is 32.0 Å². The van der Waals surface area contributed by atoms with Gasteiger partial charge in [0.2, 0.25) is 0 Å². The molecule has 3 rings (SSSR count). The molecule has 2 aromatic heterocycles. The molecule has 2 heterocycles. The van der Waals surface area contributed by atoms with Gasteiger partial charge in [-0.15, -0.1) is 5.10 Å². The zero-order valence-corrected chi connectivity index (χ0v) is 17.3. The second-order valence-electron chi connectivity index (χ2n) is 7.12. The number of amides is 1. The Labute approximate surface area is 169 Å². The molecule has 0 aliphatic rings. The normalized spacial score (nSPS) is 13.1. The van der Waals surface area contributed by atoms with E-state index < -0.39 is 18.0 Å². The van der Waals surface area contributed by atoms with E-state index in [0.29, 0.717) is 11.7 Å². The molecular formula is C21H25N5O3. The van der Waals surface area contributed by atoms with Crippen LogP contribution in [-0.2, 0) is 9.53 Å². The van der Waals surface area contributed by atoms with Crippen molar-refractivity contribution in [3.8, 4) is 0 Å². The van der Waals surface area contributed by atoms with Crippen LogP contribution in [0.4, 0.5) is 5.69 Å². The van der Waals surface area contributed by atoms with E-state index in [2.05, 4.69) is 34.2 Å². The zero-order chi connectivity index (χ0) is 21.1. The molecular weight excluding hydrogens is 370 g/mol. The number of ether oxygens (including phenoxy) is 1. The Morgan fingerprint density at radius 2 is 1.90 bits per heavy atom. The van der Waals surface area contributed by atoms with Crippen LogP contribution in [0.15, 0.2) is 30.3 Å². The van der Waals surface area contributed by atoms with Crippen LogP contribution in [0.2, 0.25) is 0 Å². The van der Waals surface area contributed by atoms with Gasteiger partial charge in [0, 0.05) is 17.1 Å².